The van der Waals surface area contributed by atoms with Gasteiger partial charge in [0.05, 0.1) is 0 Å². The molecule has 9 heteroatoms. The molecule has 0 amide bonds. The number of nitrogens with one attached hydrogen (secondary N) is 2. The Balaban J connectivity index is 1.77. The topological polar surface area (TPSA) is 53.1 Å². The highest BCUT2D eigenvalue weighted by Gasteiger charge is 2.34. The lowest BCUT2D eigenvalue weighted by molar-refractivity contribution is -0.141. The molecule has 3 rings (SSSR count). The first kappa shape index (κ1) is 19.1. The lowest BCUT2D eigenvalue weighted by Gasteiger charge is -2.31. The third kappa shape index (κ3) is 4.96. The van der Waals surface area contributed by atoms with Crippen molar-refractivity contribution in [1.82, 2.24) is 15.3 Å². The smallest absolute Gasteiger partial charge is 0.360 e. The number of anilines is 2. The highest BCUT2D eigenvalue weighted by atomic mass is 32.1. The summed E-state index contributed by atoms with van der Waals surface area (Å²) in [4.78, 5) is 9.80. The molecule has 5 nitrogen and oxygen atoms in total. The fraction of sp³-hybridized carbons (Fsp3) is 0.706. The Kier molecular flexibility index (Phi) is 5.84. The minimum atomic E-state index is -4.53. The molecule has 1 saturated heterocycles. The number of alkyl halides is 3. The number of thiocarbonyl (C=S) groups is 1. The van der Waals surface area contributed by atoms with E-state index in [1.165, 1.54) is 0 Å². The van der Waals surface area contributed by atoms with Gasteiger partial charge in [0.15, 0.2) is 10.8 Å². The highest BCUT2D eigenvalue weighted by molar-refractivity contribution is 7.80. The van der Waals surface area contributed by atoms with Crippen molar-refractivity contribution >= 4 is 29.1 Å². The van der Waals surface area contributed by atoms with E-state index in [4.69, 9.17) is 12.2 Å². The van der Waals surface area contributed by atoms with Gasteiger partial charge in [0.2, 0.25) is 5.95 Å². The van der Waals surface area contributed by atoms with Crippen LogP contribution in [0.1, 0.15) is 51.1 Å². The predicted octanol–water partition coefficient (Wildman–Crippen LogP) is 3.96. The SMILES string of the molecule is CC1CCN(c2cc(C(F)(F)F)nc(NC(=S)NC3CCCC3)n2)CC1. The second-order valence-electron chi connectivity index (χ2n) is 7.18. The zero-order chi connectivity index (χ0) is 18.7. The molecule has 2 aliphatic rings. The molecule has 144 valence electrons. The molecule has 0 aromatic carbocycles. The second-order valence-corrected chi connectivity index (χ2v) is 7.59. The van der Waals surface area contributed by atoms with Crippen LogP contribution < -0.4 is 15.5 Å². The zero-order valence-corrected chi connectivity index (χ0v) is 15.6. The van der Waals surface area contributed by atoms with Crippen LogP contribution in [0.5, 0.6) is 0 Å². The van der Waals surface area contributed by atoms with Gasteiger partial charge in [0.1, 0.15) is 5.82 Å². The lowest BCUT2D eigenvalue weighted by atomic mass is 9.99. The zero-order valence-electron chi connectivity index (χ0n) is 14.8. The molecular formula is C17H24F3N5S. The van der Waals surface area contributed by atoms with E-state index in [0.717, 1.165) is 44.6 Å². The number of hydrogen-bond acceptors (Lipinski definition) is 4. The second kappa shape index (κ2) is 7.94. The van der Waals surface area contributed by atoms with Gasteiger partial charge in [-0.05, 0) is 43.8 Å². The number of halogens is 3. The van der Waals surface area contributed by atoms with Crippen molar-refractivity contribution in [3.63, 3.8) is 0 Å². The molecule has 1 aromatic heterocycles. The van der Waals surface area contributed by atoms with Gasteiger partial charge in [-0.3, -0.25) is 0 Å². The summed E-state index contributed by atoms with van der Waals surface area (Å²) in [6, 6.07) is 1.29. The Bertz CT molecular complexity index is 638. The van der Waals surface area contributed by atoms with Gasteiger partial charge in [-0.2, -0.15) is 18.2 Å². The molecule has 0 unspecified atom stereocenters. The van der Waals surface area contributed by atoms with E-state index in [9.17, 15) is 13.2 Å². The van der Waals surface area contributed by atoms with E-state index in [-0.39, 0.29) is 17.1 Å². The maximum Gasteiger partial charge on any atom is 0.433 e. The van der Waals surface area contributed by atoms with Gasteiger partial charge in [-0.25, -0.2) is 4.98 Å². The molecule has 1 aliphatic heterocycles. The fourth-order valence-corrected chi connectivity index (χ4v) is 3.69. The van der Waals surface area contributed by atoms with Crippen molar-refractivity contribution < 1.29 is 13.2 Å². The standard InChI is InChI=1S/C17H24F3N5S/c1-11-6-8-25(9-7-11)14-10-13(17(18,19)20)22-15(23-14)24-16(26)21-12-4-2-3-5-12/h10-12H,2-9H2,1H3,(H2,21,22,23,24,26). The van der Waals surface area contributed by atoms with Crippen molar-refractivity contribution in [2.75, 3.05) is 23.3 Å². The lowest BCUT2D eigenvalue weighted by Crippen LogP contribution is -2.37. The first-order valence-corrected chi connectivity index (χ1v) is 9.51. The predicted molar refractivity (Wildman–Crippen MR) is 99.3 cm³/mol. The summed E-state index contributed by atoms with van der Waals surface area (Å²) in [5, 5.41) is 6.15. The maximum absolute atomic E-state index is 13.3. The van der Waals surface area contributed by atoms with Gasteiger partial charge in [-0.1, -0.05) is 19.8 Å². The monoisotopic (exact) mass is 387 g/mol. The number of rotatable bonds is 3. The van der Waals surface area contributed by atoms with Crippen LogP contribution in [0, 0.1) is 5.92 Å². The molecular weight excluding hydrogens is 363 g/mol. The number of hydrogen-bond donors (Lipinski definition) is 2. The Hall–Kier alpha value is -1.64. The van der Waals surface area contributed by atoms with Crippen molar-refractivity contribution in [1.29, 1.82) is 0 Å². The number of piperidine rings is 1. The third-order valence-corrected chi connectivity index (χ3v) is 5.25. The average molecular weight is 387 g/mol. The first-order valence-electron chi connectivity index (χ1n) is 9.10. The molecule has 0 radical (unpaired) electrons. The maximum atomic E-state index is 13.3. The van der Waals surface area contributed by atoms with E-state index >= 15 is 0 Å². The molecule has 0 atom stereocenters. The summed E-state index contributed by atoms with van der Waals surface area (Å²) < 4.78 is 39.8. The molecule has 2 fully saturated rings. The largest absolute Gasteiger partial charge is 0.433 e. The van der Waals surface area contributed by atoms with E-state index in [1.807, 2.05) is 4.90 Å². The van der Waals surface area contributed by atoms with E-state index < -0.39 is 11.9 Å². The van der Waals surface area contributed by atoms with E-state index in [0.29, 0.717) is 24.8 Å². The molecule has 26 heavy (non-hydrogen) atoms. The fourth-order valence-electron chi connectivity index (χ4n) is 3.43. The summed E-state index contributed by atoms with van der Waals surface area (Å²) in [5.74, 6) is 0.769. The van der Waals surface area contributed by atoms with Crippen molar-refractivity contribution in [2.24, 2.45) is 5.92 Å². The Morgan fingerprint density at radius 3 is 2.42 bits per heavy atom. The molecule has 1 aromatic rings. The van der Waals surface area contributed by atoms with Crippen LogP contribution in [0.4, 0.5) is 24.9 Å². The summed E-state index contributed by atoms with van der Waals surface area (Å²) >= 11 is 5.23. The molecule has 0 spiro atoms. The molecule has 0 bridgehead atoms. The normalized spacial score (nSPS) is 19.6. The van der Waals surface area contributed by atoms with Crippen LogP contribution in [0.15, 0.2) is 6.07 Å². The van der Waals surface area contributed by atoms with Crippen LogP contribution in [0.25, 0.3) is 0 Å². The molecule has 2 heterocycles. The highest BCUT2D eigenvalue weighted by Crippen LogP contribution is 2.31. The average Bonchev–Trinajstić information content (AvgIpc) is 3.07. The van der Waals surface area contributed by atoms with Gasteiger partial charge in [0.25, 0.3) is 0 Å². The summed E-state index contributed by atoms with van der Waals surface area (Å²) in [5.41, 5.74) is -0.952. The first-order chi connectivity index (χ1) is 12.3. The van der Waals surface area contributed by atoms with Gasteiger partial charge in [0, 0.05) is 25.2 Å². The minimum Gasteiger partial charge on any atom is -0.360 e. The van der Waals surface area contributed by atoms with Gasteiger partial charge >= 0.3 is 6.18 Å². The van der Waals surface area contributed by atoms with E-state index in [2.05, 4.69) is 27.5 Å². The van der Waals surface area contributed by atoms with Crippen molar-refractivity contribution in [3.05, 3.63) is 11.8 Å². The summed E-state index contributed by atoms with van der Waals surface area (Å²) in [7, 11) is 0. The van der Waals surface area contributed by atoms with Gasteiger partial charge in [-0.15, -0.1) is 0 Å². The molecule has 2 N–H and O–H groups in total. The summed E-state index contributed by atoms with van der Waals surface area (Å²) in [6.45, 7) is 3.54. The van der Waals surface area contributed by atoms with Crippen molar-refractivity contribution in [2.45, 2.75) is 57.7 Å². The van der Waals surface area contributed by atoms with Crippen LogP contribution >= 0.6 is 12.2 Å². The Labute approximate surface area is 156 Å². The molecule has 1 aliphatic carbocycles. The Morgan fingerprint density at radius 2 is 1.81 bits per heavy atom. The Morgan fingerprint density at radius 1 is 1.15 bits per heavy atom. The summed E-state index contributed by atoms with van der Waals surface area (Å²) in [6.07, 6.45) is 1.66. The number of aromatic nitrogens is 2. The van der Waals surface area contributed by atoms with Crippen LogP contribution in [-0.4, -0.2) is 34.2 Å². The van der Waals surface area contributed by atoms with E-state index in [1.54, 1.807) is 0 Å². The van der Waals surface area contributed by atoms with Crippen LogP contribution in [0.3, 0.4) is 0 Å². The van der Waals surface area contributed by atoms with Crippen LogP contribution in [-0.2, 0) is 6.18 Å². The third-order valence-electron chi connectivity index (χ3n) is 5.03. The van der Waals surface area contributed by atoms with Crippen molar-refractivity contribution in [3.8, 4) is 0 Å². The number of nitrogens with zero attached hydrogens (tertiary/aromatic N) is 3. The quantitative estimate of drug-likeness (QED) is 0.766. The van der Waals surface area contributed by atoms with Gasteiger partial charge < -0.3 is 15.5 Å². The molecule has 1 saturated carbocycles. The van der Waals surface area contributed by atoms with Crippen LogP contribution in [0.2, 0.25) is 0 Å². The minimum absolute atomic E-state index is 0.107.